The molecule has 0 aliphatic carbocycles. The average molecular weight is 275 g/mol. The van der Waals surface area contributed by atoms with Crippen molar-refractivity contribution < 1.29 is 0 Å². The molecule has 0 aliphatic rings. The molecule has 0 saturated heterocycles. The zero-order valence-electron chi connectivity index (χ0n) is 11.4. The van der Waals surface area contributed by atoms with Crippen molar-refractivity contribution >= 4 is 11.6 Å². The van der Waals surface area contributed by atoms with Gasteiger partial charge in [-0.1, -0.05) is 24.6 Å². The van der Waals surface area contributed by atoms with Crippen LogP contribution >= 0.6 is 11.6 Å². The highest BCUT2D eigenvalue weighted by atomic mass is 35.5. The van der Waals surface area contributed by atoms with Crippen molar-refractivity contribution in [3.05, 3.63) is 52.8 Å². The van der Waals surface area contributed by atoms with Crippen LogP contribution in [0.5, 0.6) is 0 Å². The first kappa shape index (κ1) is 14.0. The fourth-order valence-corrected chi connectivity index (χ4v) is 2.30. The number of aryl methyl sites for hydroxylation is 1. The molecule has 0 amide bonds. The molecule has 0 spiro atoms. The van der Waals surface area contributed by atoms with E-state index in [2.05, 4.69) is 30.2 Å². The number of benzene rings is 1. The van der Waals surface area contributed by atoms with E-state index in [1.807, 2.05) is 30.6 Å². The lowest BCUT2D eigenvalue weighted by Crippen LogP contribution is -2.14. The Morgan fingerprint density at radius 1 is 1.21 bits per heavy atom. The van der Waals surface area contributed by atoms with Crippen molar-refractivity contribution in [3.8, 4) is 11.1 Å². The topological polar surface area (TPSA) is 24.9 Å². The van der Waals surface area contributed by atoms with Crippen molar-refractivity contribution in [1.82, 2.24) is 10.3 Å². The van der Waals surface area contributed by atoms with Gasteiger partial charge < -0.3 is 5.32 Å². The molecular formula is C16H19ClN2. The lowest BCUT2D eigenvalue weighted by atomic mass is 9.97. The molecule has 0 radical (unpaired) electrons. The average Bonchev–Trinajstić information content (AvgIpc) is 2.41. The number of nitrogens with zero attached hydrogens (tertiary/aromatic N) is 1. The van der Waals surface area contributed by atoms with E-state index in [1.165, 1.54) is 22.3 Å². The van der Waals surface area contributed by atoms with E-state index in [1.54, 1.807) is 0 Å². The maximum atomic E-state index is 6.14. The monoisotopic (exact) mass is 274 g/mol. The van der Waals surface area contributed by atoms with Crippen LogP contribution in [0.3, 0.4) is 0 Å². The van der Waals surface area contributed by atoms with E-state index in [9.17, 15) is 0 Å². The number of nitrogens with one attached hydrogen (secondary N) is 1. The maximum Gasteiger partial charge on any atom is 0.0412 e. The summed E-state index contributed by atoms with van der Waals surface area (Å²) in [5.74, 6) is 0. The summed E-state index contributed by atoms with van der Waals surface area (Å²) in [7, 11) is 0. The summed E-state index contributed by atoms with van der Waals surface area (Å²) in [6.07, 6.45) is 4.85. The third-order valence-electron chi connectivity index (χ3n) is 3.12. The third-order valence-corrected chi connectivity index (χ3v) is 3.36. The molecular weight excluding hydrogens is 256 g/mol. The quantitative estimate of drug-likeness (QED) is 0.826. The van der Waals surface area contributed by atoms with Gasteiger partial charge in [-0.25, -0.2) is 0 Å². The van der Waals surface area contributed by atoms with Gasteiger partial charge in [0, 0.05) is 24.0 Å². The zero-order chi connectivity index (χ0) is 13.7. The molecule has 0 saturated carbocycles. The van der Waals surface area contributed by atoms with Gasteiger partial charge in [-0.2, -0.15) is 0 Å². The smallest absolute Gasteiger partial charge is 0.0412 e. The highest BCUT2D eigenvalue weighted by Gasteiger charge is 2.08. The first-order chi connectivity index (χ1) is 9.22. The van der Waals surface area contributed by atoms with E-state index in [0.29, 0.717) is 0 Å². The van der Waals surface area contributed by atoms with Crippen LogP contribution in [-0.2, 0) is 6.54 Å². The minimum absolute atomic E-state index is 0.769. The second-order valence-corrected chi connectivity index (χ2v) is 5.11. The Morgan fingerprint density at radius 2 is 2.05 bits per heavy atom. The van der Waals surface area contributed by atoms with Gasteiger partial charge in [-0.05, 0) is 60.3 Å². The Morgan fingerprint density at radius 3 is 2.79 bits per heavy atom. The van der Waals surface area contributed by atoms with Crippen LogP contribution < -0.4 is 5.32 Å². The van der Waals surface area contributed by atoms with Crippen LogP contribution in [0.15, 0.2) is 36.7 Å². The molecule has 100 valence electrons. The molecule has 1 heterocycles. The molecule has 0 aliphatic heterocycles. The molecule has 1 aromatic heterocycles. The van der Waals surface area contributed by atoms with Gasteiger partial charge in [0.15, 0.2) is 0 Å². The summed E-state index contributed by atoms with van der Waals surface area (Å²) in [5.41, 5.74) is 4.83. The number of hydrogen-bond acceptors (Lipinski definition) is 2. The van der Waals surface area contributed by atoms with Gasteiger partial charge in [0.25, 0.3) is 0 Å². The number of hydrogen-bond donors (Lipinski definition) is 1. The first-order valence-corrected chi connectivity index (χ1v) is 7.00. The van der Waals surface area contributed by atoms with Crippen LogP contribution in [-0.4, -0.2) is 11.5 Å². The van der Waals surface area contributed by atoms with Crippen molar-refractivity contribution in [1.29, 1.82) is 0 Å². The lowest BCUT2D eigenvalue weighted by molar-refractivity contribution is 0.676. The lowest BCUT2D eigenvalue weighted by Gasteiger charge is -2.13. The Labute approximate surface area is 119 Å². The van der Waals surface area contributed by atoms with Crippen molar-refractivity contribution in [2.75, 3.05) is 6.54 Å². The predicted molar refractivity (Wildman–Crippen MR) is 81.4 cm³/mol. The number of pyridine rings is 1. The molecule has 2 rings (SSSR count). The Kier molecular flexibility index (Phi) is 4.94. The van der Waals surface area contributed by atoms with Crippen LogP contribution in [0.1, 0.15) is 24.5 Å². The van der Waals surface area contributed by atoms with E-state index in [-0.39, 0.29) is 0 Å². The molecule has 0 atom stereocenters. The molecule has 19 heavy (non-hydrogen) atoms. The highest BCUT2D eigenvalue weighted by molar-refractivity contribution is 6.30. The summed E-state index contributed by atoms with van der Waals surface area (Å²) in [6.45, 7) is 6.13. The summed E-state index contributed by atoms with van der Waals surface area (Å²) in [5, 5.41) is 4.21. The third kappa shape index (κ3) is 3.55. The van der Waals surface area contributed by atoms with Gasteiger partial charge in [-0.15, -0.1) is 0 Å². The summed E-state index contributed by atoms with van der Waals surface area (Å²) < 4.78 is 0. The second-order valence-electron chi connectivity index (χ2n) is 4.67. The van der Waals surface area contributed by atoms with Gasteiger partial charge in [-0.3, -0.25) is 4.98 Å². The summed E-state index contributed by atoms with van der Waals surface area (Å²) in [6, 6.07) is 8.13. The van der Waals surface area contributed by atoms with Gasteiger partial charge in [0.1, 0.15) is 0 Å². The maximum absolute atomic E-state index is 6.14. The van der Waals surface area contributed by atoms with Gasteiger partial charge in [0.2, 0.25) is 0 Å². The predicted octanol–water partition coefficient (Wildman–Crippen LogP) is 4.21. The van der Waals surface area contributed by atoms with Crippen LogP contribution in [0, 0.1) is 6.92 Å². The van der Waals surface area contributed by atoms with Crippen LogP contribution in [0.25, 0.3) is 11.1 Å². The molecule has 0 unspecified atom stereocenters. The number of aromatic nitrogens is 1. The Bertz CT molecular complexity index is 552. The van der Waals surface area contributed by atoms with Crippen molar-refractivity contribution in [2.24, 2.45) is 0 Å². The normalized spacial score (nSPS) is 10.7. The van der Waals surface area contributed by atoms with Crippen LogP contribution in [0.2, 0.25) is 5.02 Å². The molecule has 0 bridgehead atoms. The molecule has 2 nitrogen and oxygen atoms in total. The van der Waals surface area contributed by atoms with Gasteiger partial charge >= 0.3 is 0 Å². The van der Waals surface area contributed by atoms with Crippen LogP contribution in [0.4, 0.5) is 0 Å². The zero-order valence-corrected chi connectivity index (χ0v) is 12.2. The van der Waals surface area contributed by atoms with E-state index in [0.717, 1.165) is 24.5 Å². The summed E-state index contributed by atoms with van der Waals surface area (Å²) in [4.78, 5) is 4.15. The molecule has 1 aromatic carbocycles. The highest BCUT2D eigenvalue weighted by Crippen LogP contribution is 2.29. The largest absolute Gasteiger partial charge is 0.313 e. The minimum atomic E-state index is 0.769. The van der Waals surface area contributed by atoms with E-state index in [4.69, 9.17) is 11.6 Å². The molecule has 0 fully saturated rings. The van der Waals surface area contributed by atoms with Crippen molar-refractivity contribution in [3.63, 3.8) is 0 Å². The van der Waals surface area contributed by atoms with E-state index >= 15 is 0 Å². The van der Waals surface area contributed by atoms with Crippen molar-refractivity contribution in [2.45, 2.75) is 26.8 Å². The minimum Gasteiger partial charge on any atom is -0.313 e. The molecule has 1 N–H and O–H groups in total. The summed E-state index contributed by atoms with van der Waals surface area (Å²) >= 11 is 6.14. The number of rotatable bonds is 5. The Balaban J connectivity index is 2.37. The second kappa shape index (κ2) is 6.69. The standard InChI is InChI=1S/C16H19ClN2/c1-3-7-18-11-13-4-5-14(17)9-16(13)15-6-8-19-10-12(15)2/h4-6,8-10,18H,3,7,11H2,1-2H3. The fourth-order valence-electron chi connectivity index (χ4n) is 2.13. The first-order valence-electron chi connectivity index (χ1n) is 6.62. The Hall–Kier alpha value is -1.38. The number of halogens is 1. The molecule has 2 aromatic rings. The van der Waals surface area contributed by atoms with Gasteiger partial charge in [0.05, 0.1) is 0 Å². The SMILES string of the molecule is CCCNCc1ccc(Cl)cc1-c1ccncc1C. The fraction of sp³-hybridized carbons (Fsp3) is 0.312. The molecule has 3 heteroatoms. The van der Waals surface area contributed by atoms with E-state index < -0.39 is 0 Å².